The number of likely N-dealkylation sites (tertiary alicyclic amines) is 1. The minimum Gasteiger partial charge on any atom is -0.463 e. The summed E-state index contributed by atoms with van der Waals surface area (Å²) in [7, 11) is 0. The minimum atomic E-state index is -0.512. The summed E-state index contributed by atoms with van der Waals surface area (Å²) in [5.41, 5.74) is 2.22. The van der Waals surface area contributed by atoms with Crippen molar-refractivity contribution in [1.29, 1.82) is 0 Å². The van der Waals surface area contributed by atoms with Crippen LogP contribution in [0.5, 0.6) is 0 Å². The van der Waals surface area contributed by atoms with Gasteiger partial charge in [-0.05, 0) is 67.8 Å². The van der Waals surface area contributed by atoms with Gasteiger partial charge in [0.05, 0.1) is 17.0 Å². The Morgan fingerprint density at radius 3 is 2.77 bits per heavy atom. The lowest BCUT2D eigenvalue weighted by molar-refractivity contribution is 0.0690. The van der Waals surface area contributed by atoms with Gasteiger partial charge in [-0.25, -0.2) is 9.37 Å². The summed E-state index contributed by atoms with van der Waals surface area (Å²) in [5.74, 6) is 0.653. The number of aromatic nitrogens is 1. The molecule has 1 aliphatic rings. The molecule has 3 aromatic rings. The van der Waals surface area contributed by atoms with E-state index >= 15 is 0 Å². The maximum Gasteiger partial charge on any atom is 0.253 e. The maximum absolute atomic E-state index is 13.3. The summed E-state index contributed by atoms with van der Waals surface area (Å²) >= 11 is 5.80. The molecule has 1 saturated heterocycles. The highest BCUT2D eigenvalue weighted by molar-refractivity contribution is 6.31. The zero-order chi connectivity index (χ0) is 20.9. The van der Waals surface area contributed by atoms with Crippen LogP contribution in [0.15, 0.2) is 59.2 Å². The predicted molar refractivity (Wildman–Crippen MR) is 114 cm³/mol. The smallest absolute Gasteiger partial charge is 0.253 e. The van der Waals surface area contributed by atoms with Gasteiger partial charge in [0, 0.05) is 25.2 Å². The summed E-state index contributed by atoms with van der Waals surface area (Å²) in [5, 5.41) is 3.45. The van der Waals surface area contributed by atoms with E-state index in [1.165, 1.54) is 18.2 Å². The molecule has 2 aromatic heterocycles. The van der Waals surface area contributed by atoms with E-state index in [4.69, 9.17) is 16.0 Å². The summed E-state index contributed by atoms with van der Waals surface area (Å²) in [6.07, 6.45) is 3.49. The fourth-order valence-corrected chi connectivity index (χ4v) is 3.88. The molecule has 30 heavy (non-hydrogen) atoms. The second kappa shape index (κ2) is 9.41. The van der Waals surface area contributed by atoms with Gasteiger partial charge in [-0.2, -0.15) is 0 Å². The van der Waals surface area contributed by atoms with Crippen LogP contribution in [-0.2, 0) is 6.54 Å². The highest BCUT2D eigenvalue weighted by atomic mass is 35.5. The van der Waals surface area contributed by atoms with Crippen LogP contribution in [0.4, 0.5) is 4.39 Å². The molecule has 0 saturated carbocycles. The van der Waals surface area contributed by atoms with E-state index < -0.39 is 5.82 Å². The average molecular weight is 428 g/mol. The second-order valence-corrected chi connectivity index (χ2v) is 7.89. The highest BCUT2D eigenvalue weighted by Crippen LogP contribution is 2.22. The first-order chi connectivity index (χ1) is 14.6. The van der Waals surface area contributed by atoms with Crippen molar-refractivity contribution in [2.24, 2.45) is 5.92 Å². The molecule has 0 spiro atoms. The topological polar surface area (TPSA) is 58.4 Å². The van der Waals surface area contributed by atoms with Gasteiger partial charge < -0.3 is 14.6 Å². The molecular formula is C23H23ClFN3O2. The van der Waals surface area contributed by atoms with Crippen LogP contribution < -0.4 is 5.32 Å². The van der Waals surface area contributed by atoms with Crippen LogP contribution in [0.1, 0.15) is 28.9 Å². The Kier molecular flexibility index (Phi) is 6.45. The zero-order valence-corrected chi connectivity index (χ0v) is 17.2. The molecule has 5 nitrogen and oxygen atoms in total. The number of carbonyl (C=O) groups is 1. The first-order valence-electron chi connectivity index (χ1n) is 10.0. The van der Waals surface area contributed by atoms with Crippen molar-refractivity contribution in [2.75, 3.05) is 19.6 Å². The number of nitrogens with one attached hydrogen (secondary N) is 1. The van der Waals surface area contributed by atoms with Gasteiger partial charge in [0.25, 0.3) is 5.91 Å². The number of pyridine rings is 1. The maximum atomic E-state index is 13.3. The molecule has 0 atom stereocenters. The Bertz CT molecular complexity index is 1000. The minimum absolute atomic E-state index is 0.0235. The van der Waals surface area contributed by atoms with E-state index in [-0.39, 0.29) is 10.9 Å². The van der Waals surface area contributed by atoms with Gasteiger partial charge in [-0.1, -0.05) is 17.7 Å². The molecule has 1 aliphatic heterocycles. The van der Waals surface area contributed by atoms with Crippen molar-refractivity contribution in [3.8, 4) is 11.5 Å². The number of rotatable bonds is 6. The normalized spacial score (nSPS) is 14.8. The van der Waals surface area contributed by atoms with Gasteiger partial charge in [0.1, 0.15) is 11.5 Å². The fraction of sp³-hybridized carbons (Fsp3) is 0.304. The first-order valence-corrected chi connectivity index (χ1v) is 10.4. The number of carbonyl (C=O) groups excluding carboxylic acids is 1. The van der Waals surface area contributed by atoms with Gasteiger partial charge in [0.15, 0.2) is 5.76 Å². The Labute approximate surface area is 179 Å². The third-order valence-electron chi connectivity index (χ3n) is 5.39. The second-order valence-electron chi connectivity index (χ2n) is 7.49. The number of nitrogens with zero attached hydrogens (tertiary/aromatic N) is 2. The summed E-state index contributed by atoms with van der Waals surface area (Å²) in [6, 6.07) is 13.8. The van der Waals surface area contributed by atoms with Gasteiger partial charge in [0.2, 0.25) is 0 Å². The van der Waals surface area contributed by atoms with Crippen molar-refractivity contribution in [2.45, 2.75) is 19.4 Å². The van der Waals surface area contributed by atoms with Gasteiger partial charge in [-0.3, -0.25) is 4.79 Å². The molecule has 0 bridgehead atoms. The number of halogens is 2. The van der Waals surface area contributed by atoms with Crippen LogP contribution in [0.25, 0.3) is 11.5 Å². The predicted octanol–water partition coefficient (Wildman–Crippen LogP) is 4.78. The molecule has 156 valence electrons. The van der Waals surface area contributed by atoms with Crippen LogP contribution >= 0.6 is 11.6 Å². The van der Waals surface area contributed by atoms with E-state index in [9.17, 15) is 9.18 Å². The van der Waals surface area contributed by atoms with Crippen molar-refractivity contribution in [3.63, 3.8) is 0 Å². The molecule has 1 fully saturated rings. The van der Waals surface area contributed by atoms with E-state index in [2.05, 4.69) is 10.3 Å². The van der Waals surface area contributed by atoms with Crippen molar-refractivity contribution < 1.29 is 13.6 Å². The molecule has 1 N–H and O–H groups in total. The number of piperidine rings is 1. The van der Waals surface area contributed by atoms with E-state index in [0.717, 1.165) is 36.5 Å². The number of hydrogen-bond donors (Lipinski definition) is 1. The van der Waals surface area contributed by atoms with Gasteiger partial charge >= 0.3 is 0 Å². The molecule has 4 rings (SSSR count). The molecule has 3 heterocycles. The lowest BCUT2D eigenvalue weighted by Gasteiger charge is -2.32. The Morgan fingerprint density at radius 1 is 1.20 bits per heavy atom. The van der Waals surface area contributed by atoms with Crippen LogP contribution in [0, 0.1) is 11.7 Å². The SMILES string of the molecule is O=C(c1ccc(F)c(Cl)c1)N1CCC(CNCc2cccc(-c3ccco3)n2)CC1. The molecule has 0 aliphatic carbocycles. The summed E-state index contributed by atoms with van der Waals surface area (Å²) < 4.78 is 18.7. The van der Waals surface area contributed by atoms with Crippen LogP contribution in [0.2, 0.25) is 5.02 Å². The summed E-state index contributed by atoms with van der Waals surface area (Å²) in [6.45, 7) is 2.93. The number of furan rings is 1. The first kappa shape index (κ1) is 20.6. The largest absolute Gasteiger partial charge is 0.463 e. The van der Waals surface area contributed by atoms with Crippen molar-refractivity contribution in [1.82, 2.24) is 15.2 Å². The van der Waals surface area contributed by atoms with Crippen molar-refractivity contribution >= 4 is 17.5 Å². The molecule has 0 unspecified atom stereocenters. The van der Waals surface area contributed by atoms with Crippen LogP contribution in [-0.4, -0.2) is 35.4 Å². The third kappa shape index (κ3) is 4.89. The lowest BCUT2D eigenvalue weighted by atomic mass is 9.96. The fourth-order valence-electron chi connectivity index (χ4n) is 3.70. The third-order valence-corrected chi connectivity index (χ3v) is 5.68. The Morgan fingerprint density at radius 2 is 2.03 bits per heavy atom. The molecular weight excluding hydrogens is 405 g/mol. The van der Waals surface area contributed by atoms with E-state index in [1.807, 2.05) is 35.2 Å². The number of amides is 1. The lowest BCUT2D eigenvalue weighted by Crippen LogP contribution is -2.40. The standard InChI is InChI=1S/C23H23ClFN3O2/c24-19-13-17(6-7-20(19)25)23(29)28-10-8-16(9-11-28)14-26-15-18-3-1-4-21(27-18)22-5-2-12-30-22/h1-7,12-13,16,26H,8-11,14-15H2. The Balaban J connectivity index is 1.24. The number of hydrogen-bond acceptors (Lipinski definition) is 4. The zero-order valence-electron chi connectivity index (χ0n) is 16.5. The molecule has 1 amide bonds. The highest BCUT2D eigenvalue weighted by Gasteiger charge is 2.24. The number of benzene rings is 1. The van der Waals surface area contributed by atoms with E-state index in [1.54, 1.807) is 6.26 Å². The molecule has 1 aromatic carbocycles. The Hall–Kier alpha value is -2.70. The molecule has 7 heteroatoms. The average Bonchev–Trinajstić information content (AvgIpc) is 3.31. The summed E-state index contributed by atoms with van der Waals surface area (Å²) in [4.78, 5) is 19.1. The quantitative estimate of drug-likeness (QED) is 0.615. The van der Waals surface area contributed by atoms with Gasteiger partial charge in [-0.15, -0.1) is 0 Å². The van der Waals surface area contributed by atoms with Crippen molar-refractivity contribution in [3.05, 3.63) is 76.9 Å². The van der Waals surface area contributed by atoms with Crippen LogP contribution in [0.3, 0.4) is 0 Å². The monoisotopic (exact) mass is 427 g/mol. The molecule has 0 radical (unpaired) electrons. The van der Waals surface area contributed by atoms with E-state index in [0.29, 0.717) is 31.1 Å².